The molecule has 0 aliphatic heterocycles. The van der Waals surface area contributed by atoms with Crippen molar-refractivity contribution in [2.75, 3.05) is 5.33 Å². The molecule has 0 aliphatic rings. The Hall–Kier alpha value is -0.370. The molecule has 0 aromatic heterocycles. The highest BCUT2D eigenvalue weighted by atomic mass is 79.9. The van der Waals surface area contributed by atoms with Crippen LogP contribution in [0.4, 0.5) is 4.39 Å². The van der Waals surface area contributed by atoms with Gasteiger partial charge in [0.25, 0.3) is 0 Å². The summed E-state index contributed by atoms with van der Waals surface area (Å²) in [5.74, 6) is -0.0630. The van der Waals surface area contributed by atoms with Gasteiger partial charge in [-0.1, -0.05) is 34.1 Å². The van der Waals surface area contributed by atoms with Gasteiger partial charge in [-0.15, -0.1) is 0 Å². The molecule has 0 nitrogen and oxygen atoms in total. The Morgan fingerprint density at radius 3 is 2.82 bits per heavy atom. The monoisotopic (exact) mass is 216 g/mol. The molecule has 0 spiro atoms. The van der Waals surface area contributed by atoms with Crippen LogP contribution in [0.5, 0.6) is 0 Å². The fraction of sp³-hybridized carbons (Fsp3) is 0.333. The molecule has 60 valence electrons. The van der Waals surface area contributed by atoms with Crippen LogP contribution in [0.3, 0.4) is 0 Å². The van der Waals surface area contributed by atoms with Crippen LogP contribution >= 0.6 is 15.9 Å². The minimum atomic E-state index is -0.0630. The summed E-state index contributed by atoms with van der Waals surface area (Å²) < 4.78 is 13.2. The van der Waals surface area contributed by atoms with Crippen molar-refractivity contribution >= 4 is 15.9 Å². The maximum absolute atomic E-state index is 13.2. The van der Waals surface area contributed by atoms with Crippen LogP contribution < -0.4 is 0 Å². The highest BCUT2D eigenvalue weighted by Crippen LogP contribution is 2.12. The van der Waals surface area contributed by atoms with E-state index in [-0.39, 0.29) is 5.82 Å². The quantitative estimate of drug-likeness (QED) is 0.668. The van der Waals surface area contributed by atoms with Crippen LogP contribution in [0.1, 0.15) is 11.1 Å². The third-order valence-electron chi connectivity index (χ3n) is 1.64. The summed E-state index contributed by atoms with van der Waals surface area (Å²) in [5.41, 5.74) is 1.52. The number of halogens is 2. The van der Waals surface area contributed by atoms with E-state index in [4.69, 9.17) is 0 Å². The molecule has 0 heterocycles. The molecule has 0 N–H and O–H groups in total. The van der Waals surface area contributed by atoms with Crippen molar-refractivity contribution in [1.29, 1.82) is 0 Å². The zero-order valence-corrected chi connectivity index (χ0v) is 7.99. The van der Waals surface area contributed by atoms with Gasteiger partial charge in [-0.05, 0) is 24.5 Å². The number of hydrogen-bond acceptors (Lipinski definition) is 0. The fourth-order valence-electron chi connectivity index (χ4n) is 1.00. The standard InChI is InChI=1S/C9H10BrF/c1-7-3-2-4-8(5-6-10)9(7)11/h2-4H,5-6H2,1H3. The van der Waals surface area contributed by atoms with Gasteiger partial charge in [-0.2, -0.15) is 0 Å². The minimum Gasteiger partial charge on any atom is -0.206 e. The molecular weight excluding hydrogens is 207 g/mol. The summed E-state index contributed by atoms with van der Waals surface area (Å²) in [6.07, 6.45) is 0.757. The maximum Gasteiger partial charge on any atom is 0.129 e. The van der Waals surface area contributed by atoms with Crippen LogP contribution in [0.25, 0.3) is 0 Å². The molecule has 0 unspecified atom stereocenters. The molecular formula is C9H10BrF. The molecule has 0 amide bonds. The van der Waals surface area contributed by atoms with Crippen LogP contribution in [0.15, 0.2) is 18.2 Å². The molecule has 1 aromatic rings. The Balaban J connectivity index is 2.96. The van der Waals surface area contributed by atoms with E-state index < -0.39 is 0 Å². The maximum atomic E-state index is 13.2. The van der Waals surface area contributed by atoms with E-state index in [0.29, 0.717) is 0 Å². The van der Waals surface area contributed by atoms with Crippen molar-refractivity contribution in [1.82, 2.24) is 0 Å². The summed E-state index contributed by atoms with van der Waals surface area (Å²) in [6.45, 7) is 1.78. The first-order valence-corrected chi connectivity index (χ1v) is 4.68. The smallest absolute Gasteiger partial charge is 0.129 e. The molecule has 11 heavy (non-hydrogen) atoms. The second-order valence-corrected chi connectivity index (χ2v) is 3.28. The van der Waals surface area contributed by atoms with Crippen molar-refractivity contribution < 1.29 is 4.39 Å². The molecule has 0 aliphatic carbocycles. The Bertz CT molecular complexity index is 245. The zero-order valence-electron chi connectivity index (χ0n) is 6.40. The van der Waals surface area contributed by atoms with Crippen LogP contribution in [0.2, 0.25) is 0 Å². The SMILES string of the molecule is Cc1cccc(CCBr)c1F. The van der Waals surface area contributed by atoms with Gasteiger partial charge in [-0.25, -0.2) is 4.39 Å². The average molecular weight is 217 g/mol. The van der Waals surface area contributed by atoms with Gasteiger partial charge < -0.3 is 0 Å². The second-order valence-electron chi connectivity index (χ2n) is 2.49. The van der Waals surface area contributed by atoms with E-state index in [1.807, 2.05) is 12.1 Å². The lowest BCUT2D eigenvalue weighted by Gasteiger charge is -2.01. The van der Waals surface area contributed by atoms with Gasteiger partial charge >= 0.3 is 0 Å². The lowest BCUT2D eigenvalue weighted by molar-refractivity contribution is 0.603. The lowest BCUT2D eigenvalue weighted by atomic mass is 10.1. The van der Waals surface area contributed by atoms with Gasteiger partial charge in [0.2, 0.25) is 0 Å². The molecule has 1 aromatic carbocycles. The summed E-state index contributed by atoms with van der Waals surface area (Å²) in [6, 6.07) is 5.49. The molecule has 0 saturated carbocycles. The van der Waals surface area contributed by atoms with E-state index >= 15 is 0 Å². The molecule has 0 fully saturated rings. The van der Waals surface area contributed by atoms with Crippen LogP contribution in [-0.4, -0.2) is 5.33 Å². The fourth-order valence-corrected chi connectivity index (χ4v) is 1.43. The number of benzene rings is 1. The molecule has 0 atom stereocenters. The van der Waals surface area contributed by atoms with Crippen LogP contribution in [-0.2, 0) is 6.42 Å². The number of alkyl halides is 1. The topological polar surface area (TPSA) is 0 Å². The van der Waals surface area contributed by atoms with Gasteiger partial charge in [0.05, 0.1) is 0 Å². The number of hydrogen-bond donors (Lipinski definition) is 0. The molecule has 0 radical (unpaired) electrons. The normalized spacial score (nSPS) is 10.1. The first kappa shape index (κ1) is 8.72. The van der Waals surface area contributed by atoms with E-state index in [1.165, 1.54) is 0 Å². The summed E-state index contributed by atoms with van der Waals surface area (Å²) in [4.78, 5) is 0. The van der Waals surface area contributed by atoms with Crippen molar-refractivity contribution in [2.24, 2.45) is 0 Å². The van der Waals surface area contributed by atoms with E-state index in [1.54, 1.807) is 13.0 Å². The molecule has 1 rings (SSSR count). The molecule has 2 heteroatoms. The molecule has 0 saturated heterocycles. The zero-order chi connectivity index (χ0) is 8.27. The highest BCUT2D eigenvalue weighted by Gasteiger charge is 2.02. The predicted molar refractivity (Wildman–Crippen MR) is 48.6 cm³/mol. The minimum absolute atomic E-state index is 0.0630. The van der Waals surface area contributed by atoms with E-state index in [0.717, 1.165) is 22.9 Å². The third kappa shape index (κ3) is 2.03. The Kier molecular flexibility index (Phi) is 3.06. The first-order valence-electron chi connectivity index (χ1n) is 3.55. The second kappa shape index (κ2) is 3.86. The summed E-state index contributed by atoms with van der Waals surface area (Å²) >= 11 is 3.28. The van der Waals surface area contributed by atoms with Gasteiger partial charge in [-0.3, -0.25) is 0 Å². The lowest BCUT2D eigenvalue weighted by Crippen LogP contribution is -1.93. The Morgan fingerprint density at radius 1 is 1.45 bits per heavy atom. The van der Waals surface area contributed by atoms with Crippen molar-refractivity contribution in [3.05, 3.63) is 35.1 Å². The first-order chi connectivity index (χ1) is 5.25. The highest BCUT2D eigenvalue weighted by molar-refractivity contribution is 9.09. The summed E-state index contributed by atoms with van der Waals surface area (Å²) in [7, 11) is 0. The van der Waals surface area contributed by atoms with Crippen molar-refractivity contribution in [3.8, 4) is 0 Å². The van der Waals surface area contributed by atoms with E-state index in [2.05, 4.69) is 15.9 Å². The predicted octanol–water partition coefficient (Wildman–Crippen LogP) is 3.07. The van der Waals surface area contributed by atoms with Gasteiger partial charge in [0.1, 0.15) is 5.82 Å². The Morgan fingerprint density at radius 2 is 2.18 bits per heavy atom. The van der Waals surface area contributed by atoms with Gasteiger partial charge in [0.15, 0.2) is 0 Å². The third-order valence-corrected chi connectivity index (χ3v) is 2.03. The van der Waals surface area contributed by atoms with Crippen molar-refractivity contribution in [3.63, 3.8) is 0 Å². The van der Waals surface area contributed by atoms with E-state index in [9.17, 15) is 4.39 Å². The largest absolute Gasteiger partial charge is 0.206 e. The molecule has 0 bridgehead atoms. The average Bonchev–Trinajstić information content (AvgIpc) is 1.99. The number of rotatable bonds is 2. The van der Waals surface area contributed by atoms with Crippen molar-refractivity contribution in [2.45, 2.75) is 13.3 Å². The van der Waals surface area contributed by atoms with Crippen LogP contribution in [0, 0.1) is 12.7 Å². The van der Waals surface area contributed by atoms with Gasteiger partial charge in [0, 0.05) is 5.33 Å². The number of aryl methyl sites for hydroxylation is 2. The Labute approximate surface area is 74.6 Å². The summed E-state index contributed by atoms with van der Waals surface area (Å²) in [5, 5.41) is 0.813.